The molecule has 1 aliphatic rings. The number of amides is 2. The molecule has 0 saturated carbocycles. The summed E-state index contributed by atoms with van der Waals surface area (Å²) in [6, 6.07) is 15.4. The number of para-hydroxylation sites is 1. The number of primary amides is 1. The zero-order valence-corrected chi connectivity index (χ0v) is 13.2. The number of ketones is 1. The van der Waals surface area contributed by atoms with Crippen molar-refractivity contribution in [2.75, 3.05) is 11.9 Å². The SMILES string of the molecule is CN1C(=O)C(SC(N)=O)(c2ccccc2)C(=O)c2ccccc21. The fraction of sp³-hybridized carbons (Fsp3) is 0.118. The van der Waals surface area contributed by atoms with Crippen LogP contribution in [-0.2, 0) is 9.54 Å². The third kappa shape index (κ3) is 2.22. The summed E-state index contributed by atoms with van der Waals surface area (Å²) in [5, 5.41) is -0.775. The van der Waals surface area contributed by atoms with E-state index in [1.165, 1.54) is 4.90 Å². The lowest BCUT2D eigenvalue weighted by molar-refractivity contribution is -0.119. The molecule has 5 nitrogen and oxygen atoms in total. The molecule has 2 aromatic rings. The maximum absolute atomic E-state index is 13.2. The minimum Gasteiger partial charge on any atom is -0.360 e. The quantitative estimate of drug-likeness (QED) is 0.860. The lowest BCUT2D eigenvalue weighted by Gasteiger charge is -2.38. The number of anilines is 1. The van der Waals surface area contributed by atoms with Gasteiger partial charge in [0.1, 0.15) is 0 Å². The number of rotatable bonds is 2. The molecule has 1 aliphatic heterocycles. The van der Waals surface area contributed by atoms with Gasteiger partial charge >= 0.3 is 0 Å². The predicted molar refractivity (Wildman–Crippen MR) is 89.5 cm³/mol. The lowest BCUT2D eigenvalue weighted by atomic mass is 9.84. The summed E-state index contributed by atoms with van der Waals surface area (Å²) in [4.78, 5) is 39.2. The fourth-order valence-electron chi connectivity index (χ4n) is 2.82. The molecule has 0 spiro atoms. The number of likely N-dealkylation sites (N-methyl/N-ethyl adjacent to an activating group) is 1. The highest BCUT2D eigenvalue weighted by molar-refractivity contribution is 8.15. The molecule has 0 aromatic heterocycles. The Morgan fingerprint density at radius 2 is 1.65 bits per heavy atom. The lowest BCUT2D eigenvalue weighted by Crippen LogP contribution is -2.53. The number of benzene rings is 2. The molecule has 0 aliphatic carbocycles. The topological polar surface area (TPSA) is 80.5 Å². The number of thioether (sulfide) groups is 1. The zero-order chi connectivity index (χ0) is 16.6. The Balaban J connectivity index is 2.30. The van der Waals surface area contributed by atoms with Gasteiger partial charge in [0.15, 0.2) is 10.5 Å². The first-order valence-electron chi connectivity index (χ1n) is 6.94. The average molecular weight is 326 g/mol. The largest absolute Gasteiger partial charge is 0.360 e. The average Bonchev–Trinajstić information content (AvgIpc) is 2.57. The molecular weight excluding hydrogens is 312 g/mol. The van der Waals surface area contributed by atoms with Crippen molar-refractivity contribution in [3.8, 4) is 0 Å². The van der Waals surface area contributed by atoms with Crippen molar-refractivity contribution in [2.24, 2.45) is 5.73 Å². The Labute approximate surface area is 137 Å². The molecule has 2 N–H and O–H groups in total. The van der Waals surface area contributed by atoms with Crippen molar-refractivity contribution >= 4 is 34.4 Å². The van der Waals surface area contributed by atoms with Gasteiger partial charge in [-0.25, -0.2) is 0 Å². The van der Waals surface area contributed by atoms with Crippen molar-refractivity contribution in [3.05, 3.63) is 65.7 Å². The van der Waals surface area contributed by atoms with Crippen molar-refractivity contribution in [1.29, 1.82) is 0 Å². The highest BCUT2D eigenvalue weighted by Crippen LogP contribution is 2.46. The predicted octanol–water partition coefficient (Wildman–Crippen LogP) is 2.55. The van der Waals surface area contributed by atoms with Crippen molar-refractivity contribution < 1.29 is 14.4 Å². The van der Waals surface area contributed by atoms with Crippen LogP contribution in [0.5, 0.6) is 0 Å². The van der Waals surface area contributed by atoms with E-state index in [-0.39, 0.29) is 0 Å². The Hall–Kier alpha value is -2.60. The monoisotopic (exact) mass is 326 g/mol. The molecule has 116 valence electrons. The van der Waals surface area contributed by atoms with Gasteiger partial charge < -0.3 is 10.6 Å². The van der Waals surface area contributed by atoms with Gasteiger partial charge in [-0.05, 0) is 29.5 Å². The minimum atomic E-state index is -1.68. The second kappa shape index (κ2) is 5.55. The molecule has 1 atom stereocenters. The molecule has 1 unspecified atom stereocenters. The number of fused-ring (bicyclic) bond motifs is 1. The molecular formula is C17H14N2O3S. The summed E-state index contributed by atoms with van der Waals surface area (Å²) in [7, 11) is 1.59. The van der Waals surface area contributed by atoms with Crippen LogP contribution in [0.4, 0.5) is 10.5 Å². The van der Waals surface area contributed by atoms with Crippen molar-refractivity contribution in [3.63, 3.8) is 0 Å². The molecule has 2 aromatic carbocycles. The molecule has 2 amide bonds. The number of nitrogens with zero attached hydrogens (tertiary/aromatic N) is 1. The van der Waals surface area contributed by atoms with Gasteiger partial charge in [-0.1, -0.05) is 42.5 Å². The van der Waals surface area contributed by atoms with Crippen molar-refractivity contribution in [2.45, 2.75) is 4.75 Å². The van der Waals surface area contributed by atoms with E-state index in [4.69, 9.17) is 5.73 Å². The summed E-state index contributed by atoms with van der Waals surface area (Å²) >= 11 is 0.558. The van der Waals surface area contributed by atoms with E-state index in [2.05, 4.69) is 0 Å². The molecule has 6 heteroatoms. The highest BCUT2D eigenvalue weighted by atomic mass is 32.2. The van der Waals surface area contributed by atoms with Crippen LogP contribution in [0.25, 0.3) is 0 Å². The van der Waals surface area contributed by atoms with Crippen LogP contribution in [0.2, 0.25) is 0 Å². The van der Waals surface area contributed by atoms with Gasteiger partial charge in [0, 0.05) is 12.6 Å². The normalized spacial score (nSPS) is 20.3. The number of carbonyl (C=O) groups excluding carboxylic acids is 3. The van der Waals surface area contributed by atoms with Crippen LogP contribution in [0.15, 0.2) is 54.6 Å². The number of hydrogen-bond acceptors (Lipinski definition) is 4. The minimum absolute atomic E-state index is 0.396. The smallest absolute Gasteiger partial charge is 0.278 e. The van der Waals surface area contributed by atoms with Gasteiger partial charge in [-0.3, -0.25) is 14.4 Å². The second-order valence-corrected chi connectivity index (χ2v) is 6.40. The summed E-state index contributed by atoms with van der Waals surface area (Å²) in [6.07, 6.45) is 0. The summed E-state index contributed by atoms with van der Waals surface area (Å²) in [5.74, 6) is -0.901. The molecule has 0 fully saturated rings. The summed E-state index contributed by atoms with van der Waals surface area (Å²) in [6.45, 7) is 0. The van der Waals surface area contributed by atoms with Gasteiger partial charge in [-0.2, -0.15) is 0 Å². The molecule has 0 bridgehead atoms. The molecule has 1 heterocycles. The maximum Gasteiger partial charge on any atom is 0.278 e. The summed E-state index contributed by atoms with van der Waals surface area (Å²) < 4.78 is -1.68. The van der Waals surface area contributed by atoms with Crippen LogP contribution < -0.4 is 10.6 Å². The third-order valence-corrected chi connectivity index (χ3v) is 4.97. The van der Waals surface area contributed by atoms with E-state index in [1.807, 2.05) is 0 Å². The van der Waals surface area contributed by atoms with Crippen LogP contribution in [-0.4, -0.2) is 24.0 Å². The third-order valence-electron chi connectivity index (χ3n) is 3.87. The molecule has 23 heavy (non-hydrogen) atoms. The zero-order valence-electron chi connectivity index (χ0n) is 12.4. The highest BCUT2D eigenvalue weighted by Gasteiger charge is 2.55. The number of carbonyl (C=O) groups is 3. The number of nitrogens with two attached hydrogens (primary N) is 1. The van der Waals surface area contributed by atoms with Crippen LogP contribution >= 0.6 is 11.8 Å². The van der Waals surface area contributed by atoms with E-state index in [0.717, 1.165) is 0 Å². The van der Waals surface area contributed by atoms with Crippen LogP contribution in [0.1, 0.15) is 15.9 Å². The first-order valence-corrected chi connectivity index (χ1v) is 7.76. The molecule has 0 radical (unpaired) electrons. The van der Waals surface area contributed by atoms with E-state index in [0.29, 0.717) is 28.6 Å². The molecule has 3 rings (SSSR count). The fourth-order valence-corrected chi connectivity index (χ4v) is 3.80. The van der Waals surface area contributed by atoms with Crippen LogP contribution in [0, 0.1) is 0 Å². The Morgan fingerprint density at radius 3 is 2.30 bits per heavy atom. The maximum atomic E-state index is 13.2. The number of hydrogen-bond donors (Lipinski definition) is 1. The van der Waals surface area contributed by atoms with Gasteiger partial charge in [-0.15, -0.1) is 0 Å². The first kappa shape index (κ1) is 15.3. The second-order valence-electron chi connectivity index (χ2n) is 5.18. The van der Waals surface area contributed by atoms with E-state index in [1.54, 1.807) is 61.6 Å². The number of Topliss-reactive ketones (excluding diaryl/α,β-unsaturated/α-hetero) is 1. The standard InChI is InChI=1S/C17H14N2O3S/c1-19-13-10-6-5-9-12(13)14(20)17(15(19)21,23-16(18)22)11-7-3-2-4-8-11/h2-10H,1H3,(H2,18,22). The van der Waals surface area contributed by atoms with E-state index >= 15 is 0 Å². The Kier molecular flexibility index (Phi) is 3.69. The van der Waals surface area contributed by atoms with Crippen molar-refractivity contribution in [1.82, 2.24) is 0 Å². The first-order chi connectivity index (χ1) is 11.0. The van der Waals surface area contributed by atoms with E-state index < -0.39 is 21.7 Å². The van der Waals surface area contributed by atoms with Gasteiger partial charge in [0.25, 0.3) is 11.1 Å². The Morgan fingerprint density at radius 1 is 1.04 bits per heavy atom. The van der Waals surface area contributed by atoms with Crippen LogP contribution in [0.3, 0.4) is 0 Å². The van der Waals surface area contributed by atoms with E-state index in [9.17, 15) is 14.4 Å². The Bertz CT molecular complexity index is 806. The summed E-state index contributed by atoms with van der Waals surface area (Å²) in [5.41, 5.74) is 6.70. The van der Waals surface area contributed by atoms with Gasteiger partial charge in [0.05, 0.1) is 5.69 Å². The molecule has 0 saturated heterocycles. The van der Waals surface area contributed by atoms with Gasteiger partial charge in [0.2, 0.25) is 0 Å².